The van der Waals surface area contributed by atoms with Crippen LogP contribution in [-0.2, 0) is 11.2 Å². The quantitative estimate of drug-likeness (QED) is 0.346. The van der Waals surface area contributed by atoms with Crippen LogP contribution in [0.5, 0.6) is 0 Å². The number of halogens is 1. The van der Waals surface area contributed by atoms with Gasteiger partial charge in [-0.2, -0.15) is 0 Å². The smallest absolute Gasteiger partial charge is 0.408 e. The van der Waals surface area contributed by atoms with Crippen LogP contribution < -0.4 is 16.5 Å². The molecule has 5 heteroatoms. The normalized spacial score (nSPS) is 12.4. The Hall–Kier alpha value is -2.43. The molecule has 2 aromatic rings. The van der Waals surface area contributed by atoms with Crippen LogP contribution in [0.15, 0.2) is 33.5 Å². The van der Waals surface area contributed by atoms with Gasteiger partial charge in [-0.25, -0.2) is 9.18 Å². The third-order valence-electron chi connectivity index (χ3n) is 5.55. The largest absolute Gasteiger partial charge is 0.417 e. The summed E-state index contributed by atoms with van der Waals surface area (Å²) in [6.07, 6.45) is 15.2. The van der Waals surface area contributed by atoms with Gasteiger partial charge in [0.1, 0.15) is 11.6 Å². The SMILES string of the molecule is CC/C=c1/[nH]c(=O)o/c1=C/CC.CCCCC(=O)CC(CC)CCC.CCCc1ccc(F)cc1. The molecule has 1 aromatic heterocycles. The molecule has 0 aliphatic heterocycles. The molecule has 1 aromatic carbocycles. The highest BCUT2D eigenvalue weighted by Gasteiger charge is 2.10. The summed E-state index contributed by atoms with van der Waals surface area (Å²) >= 11 is 0. The lowest BCUT2D eigenvalue weighted by atomic mass is 9.93. The highest BCUT2D eigenvalue weighted by atomic mass is 19.1. The van der Waals surface area contributed by atoms with E-state index in [0.717, 1.165) is 63.1 Å². The number of unbranched alkanes of at least 4 members (excludes halogenated alkanes) is 1. The van der Waals surface area contributed by atoms with Crippen LogP contribution in [0.2, 0.25) is 0 Å². The number of nitrogens with one attached hydrogen (secondary N) is 1. The first kappa shape index (κ1) is 32.6. The van der Waals surface area contributed by atoms with E-state index in [2.05, 4.69) is 32.7 Å². The number of oxazole rings is 1. The lowest BCUT2D eigenvalue weighted by Crippen LogP contribution is -2.21. The maximum Gasteiger partial charge on any atom is 0.417 e. The van der Waals surface area contributed by atoms with Crippen molar-refractivity contribution in [1.29, 1.82) is 0 Å². The van der Waals surface area contributed by atoms with Crippen molar-refractivity contribution in [3.05, 3.63) is 57.0 Å². The molecule has 4 nitrogen and oxygen atoms in total. The second kappa shape index (κ2) is 20.9. The monoisotopic (exact) mass is 489 g/mol. The topological polar surface area (TPSA) is 63.1 Å². The number of hydrogen-bond donors (Lipinski definition) is 1. The van der Waals surface area contributed by atoms with Gasteiger partial charge in [-0.05, 0) is 55.4 Å². The fraction of sp³-hybridized carbons (Fsp3) is 0.600. The Bertz CT molecular complexity index is 920. The van der Waals surface area contributed by atoms with Gasteiger partial charge in [0.05, 0.1) is 5.35 Å². The first-order valence-corrected chi connectivity index (χ1v) is 13.5. The van der Waals surface area contributed by atoms with Crippen LogP contribution >= 0.6 is 0 Å². The Morgan fingerprint density at radius 1 is 0.971 bits per heavy atom. The molecule has 1 unspecified atom stereocenters. The van der Waals surface area contributed by atoms with Gasteiger partial charge < -0.3 is 4.42 Å². The zero-order valence-corrected chi connectivity index (χ0v) is 22.9. The summed E-state index contributed by atoms with van der Waals surface area (Å²) in [5, 5.41) is 0.796. The lowest BCUT2D eigenvalue weighted by Gasteiger charge is -2.11. The van der Waals surface area contributed by atoms with Gasteiger partial charge in [-0.1, -0.05) is 91.9 Å². The molecule has 0 spiro atoms. The minimum atomic E-state index is -0.380. The van der Waals surface area contributed by atoms with E-state index in [1.807, 2.05) is 38.1 Å². The maximum atomic E-state index is 12.3. The highest BCUT2D eigenvalue weighted by molar-refractivity contribution is 5.78. The molecular weight excluding hydrogens is 441 g/mol. The van der Waals surface area contributed by atoms with E-state index in [1.54, 1.807) is 0 Å². The summed E-state index contributed by atoms with van der Waals surface area (Å²) in [5.74, 6) is 0.589. The molecule has 0 aliphatic carbocycles. The van der Waals surface area contributed by atoms with E-state index in [0.29, 0.717) is 17.1 Å². The zero-order valence-electron chi connectivity index (χ0n) is 22.9. The van der Waals surface area contributed by atoms with E-state index in [9.17, 15) is 14.0 Å². The summed E-state index contributed by atoms with van der Waals surface area (Å²) in [7, 11) is 0. The highest BCUT2D eigenvalue weighted by Crippen LogP contribution is 2.17. The van der Waals surface area contributed by atoms with Crippen molar-refractivity contribution in [3.8, 4) is 0 Å². The molecule has 0 bridgehead atoms. The first-order chi connectivity index (χ1) is 16.8. The molecule has 1 heterocycles. The number of Topliss-reactive ketones (excluding diaryl/α,β-unsaturated/α-hetero) is 1. The minimum Gasteiger partial charge on any atom is -0.408 e. The second-order valence-corrected chi connectivity index (χ2v) is 8.80. The van der Waals surface area contributed by atoms with Crippen molar-refractivity contribution < 1.29 is 13.6 Å². The third-order valence-corrected chi connectivity index (χ3v) is 5.55. The van der Waals surface area contributed by atoms with E-state index >= 15 is 0 Å². The zero-order chi connectivity index (χ0) is 26.5. The van der Waals surface area contributed by atoms with Crippen LogP contribution in [-0.4, -0.2) is 10.8 Å². The Balaban J connectivity index is 0.000000499. The first-order valence-electron chi connectivity index (χ1n) is 13.5. The molecular formula is C30H48FNO3. The number of carbonyl (C=O) groups is 1. The van der Waals surface area contributed by atoms with E-state index in [4.69, 9.17) is 4.42 Å². The molecule has 0 fully saturated rings. The summed E-state index contributed by atoms with van der Waals surface area (Å²) in [6.45, 7) is 12.6. The number of aromatic amines is 1. The number of benzene rings is 1. The van der Waals surface area contributed by atoms with E-state index in [1.165, 1.54) is 30.5 Å². The van der Waals surface area contributed by atoms with Crippen molar-refractivity contribution in [3.63, 3.8) is 0 Å². The number of carbonyl (C=O) groups excluding carboxylic acids is 1. The van der Waals surface area contributed by atoms with E-state index < -0.39 is 0 Å². The molecule has 1 N–H and O–H groups in total. The van der Waals surface area contributed by atoms with Crippen LogP contribution in [0.3, 0.4) is 0 Å². The second-order valence-electron chi connectivity index (χ2n) is 8.80. The fourth-order valence-electron chi connectivity index (χ4n) is 3.64. The predicted molar refractivity (Wildman–Crippen MR) is 146 cm³/mol. The third kappa shape index (κ3) is 16.0. The molecule has 0 saturated carbocycles. The van der Waals surface area contributed by atoms with E-state index in [-0.39, 0.29) is 11.6 Å². The maximum absolute atomic E-state index is 12.3. The van der Waals surface area contributed by atoms with Gasteiger partial charge in [0.15, 0.2) is 5.42 Å². The standard InChI is InChI=1S/C12H24O.C9H11F.C9H13NO2/c1-4-7-9-12(13)10-11(6-3)8-5-2;1-2-3-8-4-6-9(10)7-5-8;1-3-5-7-8(6-4-2)12-9(11)10-7/h11H,4-10H2,1-3H3;4-7H,2-3H2,1H3;5-6H,3-4H2,1-2H3,(H,10,11)/b;;7-5+,8-6+. The lowest BCUT2D eigenvalue weighted by molar-refractivity contribution is -0.120. The molecule has 0 saturated heterocycles. The van der Waals surface area contributed by atoms with Crippen LogP contribution in [0, 0.1) is 11.7 Å². The van der Waals surface area contributed by atoms with Gasteiger partial charge >= 0.3 is 5.76 Å². The Morgan fingerprint density at radius 3 is 2.14 bits per heavy atom. The van der Waals surface area contributed by atoms with Gasteiger partial charge in [0.2, 0.25) is 0 Å². The molecule has 198 valence electrons. The van der Waals surface area contributed by atoms with Crippen molar-refractivity contribution in [2.45, 2.75) is 112 Å². The van der Waals surface area contributed by atoms with Crippen LogP contribution in [0.25, 0.3) is 12.2 Å². The minimum absolute atomic E-state index is 0.153. The molecule has 1 atom stereocenters. The Labute approximate surface area is 211 Å². The summed E-state index contributed by atoms with van der Waals surface area (Å²) in [6, 6.07) is 6.67. The molecule has 35 heavy (non-hydrogen) atoms. The number of hydrogen-bond acceptors (Lipinski definition) is 3. The van der Waals surface area contributed by atoms with Gasteiger partial charge in [-0.3, -0.25) is 9.78 Å². The number of H-pyrrole nitrogens is 1. The average Bonchev–Trinajstić information content (AvgIpc) is 3.19. The van der Waals surface area contributed by atoms with Crippen molar-refractivity contribution in [1.82, 2.24) is 4.98 Å². The van der Waals surface area contributed by atoms with Gasteiger partial charge in [0.25, 0.3) is 0 Å². The van der Waals surface area contributed by atoms with Crippen molar-refractivity contribution in [2.24, 2.45) is 5.92 Å². The molecule has 2 rings (SSSR count). The average molecular weight is 490 g/mol. The number of rotatable bonds is 12. The van der Waals surface area contributed by atoms with Crippen molar-refractivity contribution in [2.75, 3.05) is 0 Å². The predicted octanol–water partition coefficient (Wildman–Crippen LogP) is 7.09. The number of aryl methyl sites for hydroxylation is 1. The summed E-state index contributed by atoms with van der Waals surface area (Å²) < 4.78 is 17.2. The Morgan fingerprint density at radius 2 is 1.63 bits per heavy atom. The molecule has 0 aliphatic rings. The Kier molecular flexibility index (Phi) is 19.5. The van der Waals surface area contributed by atoms with Crippen LogP contribution in [0.1, 0.15) is 111 Å². The fourth-order valence-corrected chi connectivity index (χ4v) is 3.64. The van der Waals surface area contributed by atoms with Crippen molar-refractivity contribution >= 4 is 17.9 Å². The number of ketones is 1. The summed E-state index contributed by atoms with van der Waals surface area (Å²) in [4.78, 5) is 24.9. The van der Waals surface area contributed by atoms with Gasteiger partial charge in [-0.15, -0.1) is 0 Å². The summed E-state index contributed by atoms with van der Waals surface area (Å²) in [5.41, 5.74) is 1.87. The number of aromatic nitrogens is 1. The molecule has 0 amide bonds. The van der Waals surface area contributed by atoms with Crippen LogP contribution in [0.4, 0.5) is 4.39 Å². The molecule has 0 radical (unpaired) electrons. The van der Waals surface area contributed by atoms with Gasteiger partial charge in [0, 0.05) is 12.8 Å².